The van der Waals surface area contributed by atoms with Crippen LogP contribution in [0, 0.1) is 0 Å². The van der Waals surface area contributed by atoms with Gasteiger partial charge in [-0.25, -0.2) is 9.78 Å². The molecule has 1 aromatic carbocycles. The number of nitrogen functional groups attached to an aromatic ring is 1. The number of anilines is 1. The van der Waals surface area contributed by atoms with E-state index < -0.39 is 11.2 Å². The van der Waals surface area contributed by atoms with E-state index in [4.69, 9.17) is 10.5 Å². The monoisotopic (exact) mass is 372 g/mol. The molecule has 0 aliphatic carbocycles. The van der Waals surface area contributed by atoms with Crippen LogP contribution in [0.2, 0.25) is 0 Å². The zero-order chi connectivity index (χ0) is 18.7. The minimum Gasteiger partial charge on any atom is -0.486 e. The van der Waals surface area contributed by atoms with Crippen LogP contribution in [0.25, 0.3) is 11.3 Å². The van der Waals surface area contributed by atoms with Crippen LogP contribution in [-0.4, -0.2) is 14.1 Å². The normalized spacial score (nSPS) is 10.8. The van der Waals surface area contributed by atoms with Gasteiger partial charge in [-0.2, -0.15) is 0 Å². The summed E-state index contributed by atoms with van der Waals surface area (Å²) in [5.41, 5.74) is 5.98. The van der Waals surface area contributed by atoms with E-state index in [0.29, 0.717) is 18.8 Å². The number of hydrogen-bond donors (Lipinski definition) is 1. The molecule has 2 aromatic heterocycles. The number of aromatic nitrogens is 3. The lowest BCUT2D eigenvalue weighted by Crippen LogP contribution is -2.40. The standard InChI is InChI=1S/C18H20N4O3S/c1-3-9-22-16(19)15(17(23)21(2)18(22)24)13-11-26-14(20-13)10-25-12-7-5-4-6-8-12/h4-8,11H,3,9-10,19H2,1-2H3. The summed E-state index contributed by atoms with van der Waals surface area (Å²) in [5, 5.41) is 2.48. The summed E-state index contributed by atoms with van der Waals surface area (Å²) in [6, 6.07) is 9.43. The predicted octanol–water partition coefficient (Wildman–Crippen LogP) is 2.24. The van der Waals surface area contributed by atoms with Gasteiger partial charge in [-0.15, -0.1) is 11.3 Å². The van der Waals surface area contributed by atoms with Gasteiger partial charge >= 0.3 is 5.69 Å². The lowest BCUT2D eigenvalue weighted by atomic mass is 10.2. The Morgan fingerprint density at radius 2 is 1.96 bits per heavy atom. The quantitative estimate of drug-likeness (QED) is 0.716. The van der Waals surface area contributed by atoms with Gasteiger partial charge in [0.2, 0.25) is 0 Å². The minimum absolute atomic E-state index is 0.153. The third-order valence-corrected chi connectivity index (χ3v) is 4.77. The summed E-state index contributed by atoms with van der Waals surface area (Å²) < 4.78 is 8.17. The fraction of sp³-hybridized carbons (Fsp3) is 0.278. The van der Waals surface area contributed by atoms with Crippen molar-refractivity contribution in [2.45, 2.75) is 26.5 Å². The topological polar surface area (TPSA) is 92.1 Å². The molecule has 0 fully saturated rings. The molecule has 136 valence electrons. The summed E-state index contributed by atoms with van der Waals surface area (Å²) in [7, 11) is 1.45. The van der Waals surface area contributed by atoms with Crippen LogP contribution in [-0.2, 0) is 20.2 Å². The first-order valence-electron chi connectivity index (χ1n) is 8.24. The zero-order valence-corrected chi connectivity index (χ0v) is 15.5. The molecule has 0 spiro atoms. The summed E-state index contributed by atoms with van der Waals surface area (Å²) >= 11 is 1.38. The molecule has 0 unspecified atom stereocenters. The first-order valence-corrected chi connectivity index (χ1v) is 9.12. The van der Waals surface area contributed by atoms with Gasteiger partial charge < -0.3 is 10.5 Å². The van der Waals surface area contributed by atoms with Gasteiger partial charge in [0.25, 0.3) is 5.56 Å². The van der Waals surface area contributed by atoms with E-state index in [1.807, 2.05) is 37.3 Å². The van der Waals surface area contributed by atoms with E-state index in [-0.39, 0.29) is 11.4 Å². The van der Waals surface area contributed by atoms with E-state index >= 15 is 0 Å². The number of thiazole rings is 1. The number of nitrogens with zero attached hydrogens (tertiary/aromatic N) is 3. The van der Waals surface area contributed by atoms with Crippen LogP contribution < -0.4 is 21.7 Å². The van der Waals surface area contributed by atoms with Crippen molar-refractivity contribution in [3.63, 3.8) is 0 Å². The predicted molar refractivity (Wildman–Crippen MR) is 103 cm³/mol. The average Bonchev–Trinajstić information content (AvgIpc) is 3.11. The molecule has 0 aliphatic rings. The van der Waals surface area contributed by atoms with Gasteiger partial charge in [0.05, 0.1) is 5.69 Å². The maximum atomic E-state index is 12.6. The fourth-order valence-corrected chi connectivity index (χ4v) is 3.31. The van der Waals surface area contributed by atoms with Crippen LogP contribution in [0.3, 0.4) is 0 Å². The van der Waals surface area contributed by atoms with Crippen molar-refractivity contribution in [3.8, 4) is 17.0 Å². The fourth-order valence-electron chi connectivity index (χ4n) is 2.62. The van der Waals surface area contributed by atoms with Crippen LogP contribution in [0.15, 0.2) is 45.3 Å². The molecule has 26 heavy (non-hydrogen) atoms. The molecule has 7 nitrogen and oxygen atoms in total. The average molecular weight is 372 g/mol. The second-order valence-corrected chi connectivity index (χ2v) is 6.73. The van der Waals surface area contributed by atoms with Crippen molar-refractivity contribution >= 4 is 17.2 Å². The van der Waals surface area contributed by atoms with Gasteiger partial charge in [0.1, 0.15) is 28.7 Å². The molecule has 0 saturated heterocycles. The number of hydrogen-bond acceptors (Lipinski definition) is 6. The third-order valence-electron chi connectivity index (χ3n) is 3.94. The largest absolute Gasteiger partial charge is 0.486 e. The first kappa shape index (κ1) is 17.9. The smallest absolute Gasteiger partial charge is 0.332 e. The first-order chi connectivity index (χ1) is 12.5. The molecule has 8 heteroatoms. The highest BCUT2D eigenvalue weighted by Gasteiger charge is 2.19. The summed E-state index contributed by atoms with van der Waals surface area (Å²) in [6.07, 6.45) is 0.731. The van der Waals surface area contributed by atoms with Crippen LogP contribution in [0.4, 0.5) is 5.82 Å². The Balaban J connectivity index is 1.94. The highest BCUT2D eigenvalue weighted by atomic mass is 32.1. The minimum atomic E-state index is -0.444. The highest BCUT2D eigenvalue weighted by Crippen LogP contribution is 2.24. The lowest BCUT2D eigenvalue weighted by molar-refractivity contribution is 0.305. The second-order valence-electron chi connectivity index (χ2n) is 5.79. The SMILES string of the molecule is CCCn1c(N)c(-c2csc(COc3ccccc3)n2)c(=O)n(C)c1=O. The number of rotatable bonds is 6. The number of nitrogens with two attached hydrogens (primary N) is 1. The molecule has 0 amide bonds. The van der Waals surface area contributed by atoms with E-state index in [1.165, 1.54) is 23.0 Å². The summed E-state index contributed by atoms with van der Waals surface area (Å²) in [4.78, 5) is 29.3. The van der Waals surface area contributed by atoms with Crippen molar-refractivity contribution in [1.82, 2.24) is 14.1 Å². The molecule has 0 saturated carbocycles. The molecular formula is C18H20N4O3S. The van der Waals surface area contributed by atoms with Gasteiger partial charge in [-0.1, -0.05) is 25.1 Å². The van der Waals surface area contributed by atoms with Crippen molar-refractivity contribution in [2.75, 3.05) is 5.73 Å². The van der Waals surface area contributed by atoms with Gasteiger partial charge in [-0.05, 0) is 18.6 Å². The van der Waals surface area contributed by atoms with Crippen LogP contribution in [0.1, 0.15) is 18.4 Å². The molecule has 0 bridgehead atoms. The highest BCUT2D eigenvalue weighted by molar-refractivity contribution is 7.09. The third kappa shape index (κ3) is 3.41. The van der Waals surface area contributed by atoms with E-state index in [2.05, 4.69) is 4.98 Å². The number of ether oxygens (including phenoxy) is 1. The number of benzene rings is 1. The van der Waals surface area contributed by atoms with E-state index in [1.54, 1.807) is 5.38 Å². The van der Waals surface area contributed by atoms with Crippen molar-refractivity contribution < 1.29 is 4.74 Å². The Morgan fingerprint density at radius 3 is 2.65 bits per heavy atom. The zero-order valence-electron chi connectivity index (χ0n) is 14.6. The Morgan fingerprint density at radius 1 is 1.23 bits per heavy atom. The maximum Gasteiger partial charge on any atom is 0.332 e. The molecule has 0 aliphatic heterocycles. The number of para-hydroxylation sites is 1. The Hall–Kier alpha value is -2.87. The molecule has 0 radical (unpaired) electrons. The van der Waals surface area contributed by atoms with Crippen LogP contribution in [0.5, 0.6) is 5.75 Å². The van der Waals surface area contributed by atoms with Gasteiger partial charge in [0, 0.05) is 19.0 Å². The van der Waals surface area contributed by atoms with Gasteiger partial charge in [0.15, 0.2) is 0 Å². The molecule has 2 N–H and O–H groups in total. The van der Waals surface area contributed by atoms with Crippen molar-refractivity contribution in [3.05, 3.63) is 61.6 Å². The second kappa shape index (κ2) is 7.57. The van der Waals surface area contributed by atoms with Crippen molar-refractivity contribution in [2.24, 2.45) is 7.05 Å². The Bertz CT molecular complexity index is 1020. The molecule has 2 heterocycles. The van der Waals surface area contributed by atoms with E-state index in [9.17, 15) is 9.59 Å². The van der Waals surface area contributed by atoms with E-state index in [0.717, 1.165) is 21.7 Å². The molecule has 3 rings (SSSR count). The summed E-state index contributed by atoms with van der Waals surface area (Å²) in [6.45, 7) is 2.68. The molecular weight excluding hydrogens is 352 g/mol. The summed E-state index contributed by atoms with van der Waals surface area (Å²) in [5.74, 6) is 0.900. The molecule has 3 aromatic rings. The maximum absolute atomic E-state index is 12.6. The Labute approximate surface area is 154 Å². The lowest BCUT2D eigenvalue weighted by Gasteiger charge is -2.13. The Kier molecular flexibility index (Phi) is 5.22. The van der Waals surface area contributed by atoms with Gasteiger partial charge in [-0.3, -0.25) is 13.9 Å². The molecule has 0 atom stereocenters. The van der Waals surface area contributed by atoms with Crippen molar-refractivity contribution in [1.29, 1.82) is 0 Å². The van der Waals surface area contributed by atoms with Crippen LogP contribution >= 0.6 is 11.3 Å².